The molecule has 142 valence electrons. The summed E-state index contributed by atoms with van der Waals surface area (Å²) < 4.78 is 37.8. The van der Waals surface area contributed by atoms with Gasteiger partial charge in [0.25, 0.3) is 0 Å². The molecule has 0 aliphatic heterocycles. The van der Waals surface area contributed by atoms with Gasteiger partial charge in [0, 0.05) is 6.54 Å². The summed E-state index contributed by atoms with van der Waals surface area (Å²) in [5.41, 5.74) is 1.18. The summed E-state index contributed by atoms with van der Waals surface area (Å²) in [7, 11) is -2.19. The van der Waals surface area contributed by atoms with Crippen molar-refractivity contribution in [1.82, 2.24) is 4.72 Å². The van der Waals surface area contributed by atoms with Crippen LogP contribution in [0.3, 0.4) is 0 Å². The average molecular weight is 398 g/mol. The molecule has 5 nitrogen and oxygen atoms in total. The number of hydrogen-bond donors (Lipinski definition) is 1. The normalized spacial score (nSPS) is 12.0. The Balaban J connectivity index is 1.94. The molecule has 2 rings (SSSR count). The fraction of sp³-hybridized carbons (Fsp3) is 0.368. The number of nitrogens with one attached hydrogen (secondary N) is 1. The molecule has 1 N–H and O–H groups in total. The van der Waals surface area contributed by atoms with Crippen LogP contribution in [0.15, 0.2) is 47.4 Å². The molecule has 0 saturated carbocycles. The fourth-order valence-corrected chi connectivity index (χ4v) is 3.66. The first-order valence-corrected chi connectivity index (χ1v) is 10.1. The zero-order valence-electron chi connectivity index (χ0n) is 15.4. The standard InChI is InChI=1S/C19H24ClNO4S/c1-19(2,3)14-6-5-7-15(12-14)25-11-10-21-26(22,23)16-8-9-18(24-4)17(20)13-16/h5-9,12-13,21H,10-11H2,1-4H3. The molecular formula is C19H24ClNO4S. The zero-order chi connectivity index (χ0) is 19.4. The van der Waals surface area contributed by atoms with Gasteiger partial charge in [0.1, 0.15) is 18.1 Å². The minimum Gasteiger partial charge on any atom is -0.495 e. The van der Waals surface area contributed by atoms with E-state index in [-0.39, 0.29) is 28.5 Å². The monoisotopic (exact) mass is 397 g/mol. The molecule has 0 radical (unpaired) electrons. The molecule has 0 spiro atoms. The number of halogens is 1. The van der Waals surface area contributed by atoms with E-state index in [0.717, 1.165) is 5.56 Å². The summed E-state index contributed by atoms with van der Waals surface area (Å²) in [4.78, 5) is 0.0815. The largest absolute Gasteiger partial charge is 0.495 e. The molecule has 0 aliphatic carbocycles. The van der Waals surface area contributed by atoms with E-state index in [2.05, 4.69) is 25.5 Å². The molecular weight excluding hydrogens is 374 g/mol. The van der Waals surface area contributed by atoms with Crippen LogP contribution in [0.25, 0.3) is 0 Å². The number of benzene rings is 2. The Morgan fingerprint density at radius 3 is 2.46 bits per heavy atom. The molecule has 0 amide bonds. The van der Waals surface area contributed by atoms with Crippen LogP contribution in [0.1, 0.15) is 26.3 Å². The summed E-state index contributed by atoms with van der Waals surface area (Å²) in [6.07, 6.45) is 0. The lowest BCUT2D eigenvalue weighted by Gasteiger charge is -2.19. The van der Waals surface area contributed by atoms with Crippen molar-refractivity contribution in [2.75, 3.05) is 20.3 Å². The van der Waals surface area contributed by atoms with Gasteiger partial charge in [-0.1, -0.05) is 44.5 Å². The lowest BCUT2D eigenvalue weighted by Crippen LogP contribution is -2.28. The number of hydrogen-bond acceptors (Lipinski definition) is 4. The minimum absolute atomic E-state index is 0.0224. The topological polar surface area (TPSA) is 64.6 Å². The van der Waals surface area contributed by atoms with Crippen LogP contribution in [0, 0.1) is 0 Å². The van der Waals surface area contributed by atoms with E-state index in [9.17, 15) is 8.42 Å². The molecule has 0 heterocycles. The molecule has 0 aromatic heterocycles. The minimum atomic E-state index is -3.66. The van der Waals surface area contributed by atoms with E-state index in [1.807, 2.05) is 24.3 Å². The van der Waals surface area contributed by atoms with Crippen molar-refractivity contribution in [3.63, 3.8) is 0 Å². The summed E-state index contributed by atoms with van der Waals surface area (Å²) in [5, 5.41) is 0.241. The van der Waals surface area contributed by atoms with Gasteiger partial charge in [-0.3, -0.25) is 0 Å². The number of rotatable bonds is 7. The van der Waals surface area contributed by atoms with E-state index in [1.54, 1.807) is 0 Å². The van der Waals surface area contributed by atoms with Gasteiger partial charge < -0.3 is 9.47 Å². The van der Waals surface area contributed by atoms with E-state index in [0.29, 0.717) is 11.5 Å². The zero-order valence-corrected chi connectivity index (χ0v) is 16.9. The average Bonchev–Trinajstić information content (AvgIpc) is 2.58. The van der Waals surface area contributed by atoms with Gasteiger partial charge in [-0.15, -0.1) is 0 Å². The summed E-state index contributed by atoms with van der Waals surface area (Å²) in [5.74, 6) is 1.14. The van der Waals surface area contributed by atoms with Gasteiger partial charge in [0.05, 0.1) is 17.0 Å². The van der Waals surface area contributed by atoms with Crippen molar-refractivity contribution in [3.8, 4) is 11.5 Å². The van der Waals surface area contributed by atoms with Gasteiger partial charge in [-0.25, -0.2) is 13.1 Å². The predicted molar refractivity (Wildman–Crippen MR) is 104 cm³/mol. The fourth-order valence-electron chi connectivity index (χ4n) is 2.29. The first-order valence-electron chi connectivity index (χ1n) is 8.20. The Morgan fingerprint density at radius 2 is 1.85 bits per heavy atom. The van der Waals surface area contributed by atoms with Crippen LogP contribution < -0.4 is 14.2 Å². The highest BCUT2D eigenvalue weighted by atomic mass is 35.5. The van der Waals surface area contributed by atoms with Crippen molar-refractivity contribution < 1.29 is 17.9 Å². The summed E-state index contributed by atoms with van der Waals surface area (Å²) in [6, 6.07) is 12.1. The smallest absolute Gasteiger partial charge is 0.240 e. The third-order valence-electron chi connectivity index (χ3n) is 3.80. The summed E-state index contributed by atoms with van der Waals surface area (Å²) >= 11 is 5.99. The molecule has 7 heteroatoms. The maximum Gasteiger partial charge on any atom is 0.240 e. The Morgan fingerprint density at radius 1 is 1.12 bits per heavy atom. The van der Waals surface area contributed by atoms with E-state index >= 15 is 0 Å². The second-order valence-electron chi connectivity index (χ2n) is 6.82. The molecule has 2 aromatic carbocycles. The maximum absolute atomic E-state index is 12.3. The molecule has 26 heavy (non-hydrogen) atoms. The first kappa shape index (κ1) is 20.6. The highest BCUT2D eigenvalue weighted by molar-refractivity contribution is 7.89. The molecule has 0 aliphatic rings. The van der Waals surface area contributed by atoms with E-state index in [4.69, 9.17) is 21.1 Å². The summed E-state index contributed by atoms with van der Waals surface area (Å²) in [6.45, 7) is 6.74. The Bertz CT molecular complexity index is 860. The Hall–Kier alpha value is -1.76. The van der Waals surface area contributed by atoms with Crippen LogP contribution in [-0.4, -0.2) is 28.7 Å². The quantitative estimate of drug-likeness (QED) is 0.717. The number of ether oxygens (including phenoxy) is 2. The highest BCUT2D eigenvalue weighted by Crippen LogP contribution is 2.27. The first-order chi connectivity index (χ1) is 12.1. The van der Waals surface area contributed by atoms with Crippen LogP contribution in [0.5, 0.6) is 11.5 Å². The third-order valence-corrected chi connectivity index (χ3v) is 5.55. The molecule has 0 fully saturated rings. The second kappa shape index (κ2) is 8.29. The molecule has 0 bridgehead atoms. The highest BCUT2D eigenvalue weighted by Gasteiger charge is 2.16. The van der Waals surface area contributed by atoms with E-state index in [1.165, 1.54) is 25.3 Å². The molecule has 2 aromatic rings. The van der Waals surface area contributed by atoms with Crippen molar-refractivity contribution in [1.29, 1.82) is 0 Å². The van der Waals surface area contributed by atoms with Crippen LogP contribution in [0.2, 0.25) is 5.02 Å². The van der Waals surface area contributed by atoms with Gasteiger partial charge >= 0.3 is 0 Å². The van der Waals surface area contributed by atoms with E-state index < -0.39 is 10.0 Å². The van der Waals surface area contributed by atoms with Gasteiger partial charge in [0.15, 0.2) is 0 Å². The van der Waals surface area contributed by atoms with Crippen molar-refractivity contribution in [2.24, 2.45) is 0 Å². The van der Waals surface area contributed by atoms with Crippen LogP contribution in [-0.2, 0) is 15.4 Å². The van der Waals surface area contributed by atoms with Crippen molar-refractivity contribution in [2.45, 2.75) is 31.1 Å². The van der Waals surface area contributed by atoms with Gasteiger partial charge in [-0.05, 0) is 41.3 Å². The van der Waals surface area contributed by atoms with Gasteiger partial charge in [0.2, 0.25) is 10.0 Å². The Labute approximate surface area is 160 Å². The number of sulfonamides is 1. The number of methoxy groups -OCH3 is 1. The van der Waals surface area contributed by atoms with Crippen LogP contribution in [0.4, 0.5) is 0 Å². The predicted octanol–water partition coefficient (Wildman–Crippen LogP) is 4.00. The lowest BCUT2D eigenvalue weighted by atomic mass is 9.87. The second-order valence-corrected chi connectivity index (χ2v) is 8.99. The Kier molecular flexibility index (Phi) is 6.55. The SMILES string of the molecule is COc1ccc(S(=O)(=O)NCCOc2cccc(C(C)(C)C)c2)cc1Cl. The molecule has 0 saturated heterocycles. The molecule has 0 unspecified atom stereocenters. The molecule has 0 atom stereocenters. The lowest BCUT2D eigenvalue weighted by molar-refractivity contribution is 0.322. The third kappa shape index (κ3) is 5.37. The van der Waals surface area contributed by atoms with Crippen LogP contribution >= 0.6 is 11.6 Å². The van der Waals surface area contributed by atoms with Crippen molar-refractivity contribution >= 4 is 21.6 Å². The van der Waals surface area contributed by atoms with Crippen molar-refractivity contribution in [3.05, 3.63) is 53.1 Å². The van der Waals surface area contributed by atoms with Gasteiger partial charge in [-0.2, -0.15) is 0 Å². The maximum atomic E-state index is 12.3.